The number of benzene rings is 1. The van der Waals surface area contributed by atoms with Crippen molar-refractivity contribution in [1.29, 1.82) is 0 Å². The summed E-state index contributed by atoms with van der Waals surface area (Å²) < 4.78 is 5.68. The number of aliphatic hydroxyl groups excluding tert-OH is 1. The molecule has 0 saturated heterocycles. The van der Waals surface area contributed by atoms with E-state index < -0.39 is 0 Å². The molecule has 3 rings (SSSR count). The molecule has 0 radical (unpaired) electrons. The van der Waals surface area contributed by atoms with Crippen LogP contribution in [0, 0.1) is 0 Å². The second kappa shape index (κ2) is 9.37. The predicted molar refractivity (Wildman–Crippen MR) is 105 cm³/mol. The summed E-state index contributed by atoms with van der Waals surface area (Å²) in [5, 5.41) is 10.2. The second-order valence-corrected chi connectivity index (χ2v) is 6.83. The number of ether oxygens (including phenoxy) is 1. The average Bonchev–Trinajstić information content (AvgIpc) is 2.70. The van der Waals surface area contributed by atoms with Crippen molar-refractivity contribution < 1.29 is 14.6 Å². The van der Waals surface area contributed by atoms with E-state index in [1.54, 1.807) is 29.2 Å². The zero-order valence-corrected chi connectivity index (χ0v) is 15.4. The minimum atomic E-state index is -0.136. The molecule has 6 heteroatoms. The largest absolute Gasteiger partial charge is 0.490 e. The van der Waals surface area contributed by atoms with Crippen LogP contribution in [-0.2, 0) is 4.79 Å². The van der Waals surface area contributed by atoms with E-state index in [1.807, 2.05) is 6.07 Å². The van der Waals surface area contributed by atoms with Gasteiger partial charge >= 0.3 is 0 Å². The molecule has 6 nitrogen and oxygen atoms in total. The van der Waals surface area contributed by atoms with E-state index in [4.69, 9.17) is 4.74 Å². The average molecular weight is 370 g/mol. The van der Waals surface area contributed by atoms with E-state index >= 15 is 0 Å². The number of pyridine rings is 1. The minimum absolute atomic E-state index is 0.0221. The van der Waals surface area contributed by atoms with Gasteiger partial charge in [-0.3, -0.25) is 9.59 Å². The van der Waals surface area contributed by atoms with Crippen molar-refractivity contribution in [3.63, 3.8) is 0 Å². The van der Waals surface area contributed by atoms with E-state index in [-0.39, 0.29) is 30.7 Å². The highest BCUT2D eigenvalue weighted by Gasteiger charge is 2.23. The minimum Gasteiger partial charge on any atom is -0.490 e. The predicted octanol–water partition coefficient (Wildman–Crippen LogP) is 2.62. The van der Waals surface area contributed by atoms with Gasteiger partial charge in [0.15, 0.2) is 0 Å². The lowest BCUT2D eigenvalue weighted by Gasteiger charge is -2.33. The van der Waals surface area contributed by atoms with E-state index in [0.717, 1.165) is 36.6 Å². The Morgan fingerprint density at radius 2 is 2.04 bits per heavy atom. The Kier molecular flexibility index (Phi) is 6.65. The maximum atomic E-state index is 12.5. The summed E-state index contributed by atoms with van der Waals surface area (Å²) in [4.78, 5) is 28.3. The van der Waals surface area contributed by atoms with Gasteiger partial charge in [0, 0.05) is 35.6 Å². The van der Waals surface area contributed by atoms with E-state index in [1.165, 1.54) is 18.6 Å². The van der Waals surface area contributed by atoms with Crippen molar-refractivity contribution in [2.45, 2.75) is 38.1 Å². The molecule has 0 bridgehead atoms. The SMILES string of the molecule is O=C(C=CCOc1ccc2[nH]c(=O)ccc2c1)N(CCO)C1CCCCC1. The van der Waals surface area contributed by atoms with Crippen molar-refractivity contribution in [2.24, 2.45) is 0 Å². The van der Waals surface area contributed by atoms with Crippen LogP contribution in [0.5, 0.6) is 5.75 Å². The van der Waals surface area contributed by atoms with Crippen LogP contribution in [0.4, 0.5) is 0 Å². The number of carbonyl (C=O) groups excluding carboxylic acids is 1. The Bertz CT molecular complexity index is 853. The second-order valence-electron chi connectivity index (χ2n) is 6.83. The number of aliphatic hydroxyl groups is 1. The van der Waals surface area contributed by atoms with Crippen molar-refractivity contribution >= 4 is 16.8 Å². The van der Waals surface area contributed by atoms with Gasteiger partial charge in [-0.25, -0.2) is 0 Å². The molecule has 1 saturated carbocycles. The van der Waals surface area contributed by atoms with Gasteiger partial charge in [-0.1, -0.05) is 19.3 Å². The number of H-pyrrole nitrogens is 1. The van der Waals surface area contributed by atoms with Crippen molar-refractivity contribution in [2.75, 3.05) is 19.8 Å². The number of carbonyl (C=O) groups is 1. The molecular weight excluding hydrogens is 344 g/mol. The van der Waals surface area contributed by atoms with Crippen LogP contribution in [0.1, 0.15) is 32.1 Å². The van der Waals surface area contributed by atoms with Crippen LogP contribution in [0.25, 0.3) is 10.9 Å². The molecule has 0 spiro atoms. The van der Waals surface area contributed by atoms with Crippen LogP contribution >= 0.6 is 0 Å². The molecule has 1 aromatic carbocycles. The van der Waals surface area contributed by atoms with E-state index in [0.29, 0.717) is 12.3 Å². The molecule has 2 aromatic rings. The van der Waals surface area contributed by atoms with Gasteiger partial charge in [0.25, 0.3) is 0 Å². The third-order valence-electron chi connectivity index (χ3n) is 4.94. The number of rotatable bonds is 7. The van der Waals surface area contributed by atoms with Crippen LogP contribution in [0.3, 0.4) is 0 Å². The summed E-state index contributed by atoms with van der Waals surface area (Å²) in [6.07, 6.45) is 8.75. The summed E-state index contributed by atoms with van der Waals surface area (Å²) in [6.45, 7) is 0.627. The molecule has 2 N–H and O–H groups in total. The van der Waals surface area contributed by atoms with Crippen LogP contribution in [-0.4, -0.2) is 46.7 Å². The number of nitrogens with zero attached hydrogens (tertiary/aromatic N) is 1. The molecule has 0 aliphatic heterocycles. The van der Waals surface area contributed by atoms with Crippen LogP contribution in [0.2, 0.25) is 0 Å². The number of aromatic nitrogens is 1. The normalized spacial score (nSPS) is 15.3. The maximum Gasteiger partial charge on any atom is 0.248 e. The smallest absolute Gasteiger partial charge is 0.248 e. The van der Waals surface area contributed by atoms with E-state index in [2.05, 4.69) is 4.98 Å². The summed E-state index contributed by atoms with van der Waals surface area (Å²) in [7, 11) is 0. The summed E-state index contributed by atoms with van der Waals surface area (Å²) in [5.41, 5.74) is 0.621. The topological polar surface area (TPSA) is 82.6 Å². The Hall–Kier alpha value is -2.60. The molecule has 1 aromatic heterocycles. The third kappa shape index (κ3) is 5.20. The summed E-state index contributed by atoms with van der Waals surface area (Å²) in [6, 6.07) is 8.89. The van der Waals surface area contributed by atoms with Gasteiger partial charge in [0.2, 0.25) is 11.5 Å². The van der Waals surface area contributed by atoms with Gasteiger partial charge < -0.3 is 19.7 Å². The highest BCUT2D eigenvalue weighted by Crippen LogP contribution is 2.23. The van der Waals surface area contributed by atoms with E-state index in [9.17, 15) is 14.7 Å². The van der Waals surface area contributed by atoms with Gasteiger partial charge in [-0.05, 0) is 43.2 Å². The van der Waals surface area contributed by atoms with Crippen LogP contribution in [0.15, 0.2) is 47.3 Å². The number of hydrogen-bond acceptors (Lipinski definition) is 4. The molecule has 0 atom stereocenters. The number of amides is 1. The van der Waals surface area contributed by atoms with Crippen molar-refractivity contribution in [3.8, 4) is 5.75 Å². The molecule has 1 heterocycles. The molecule has 1 aliphatic rings. The van der Waals surface area contributed by atoms with Crippen molar-refractivity contribution in [3.05, 3.63) is 52.8 Å². The van der Waals surface area contributed by atoms with Crippen LogP contribution < -0.4 is 10.3 Å². The highest BCUT2D eigenvalue weighted by molar-refractivity contribution is 5.87. The lowest BCUT2D eigenvalue weighted by molar-refractivity contribution is -0.129. The zero-order valence-electron chi connectivity index (χ0n) is 15.4. The fourth-order valence-electron chi connectivity index (χ4n) is 3.58. The summed E-state index contributed by atoms with van der Waals surface area (Å²) >= 11 is 0. The number of aromatic amines is 1. The van der Waals surface area contributed by atoms with Crippen molar-refractivity contribution in [1.82, 2.24) is 9.88 Å². The molecule has 1 amide bonds. The zero-order chi connectivity index (χ0) is 19.1. The Morgan fingerprint density at radius 1 is 1.22 bits per heavy atom. The Labute approximate surface area is 158 Å². The Balaban J connectivity index is 1.56. The first-order chi connectivity index (χ1) is 13.2. The lowest BCUT2D eigenvalue weighted by atomic mass is 9.94. The molecule has 0 unspecified atom stereocenters. The first-order valence-corrected chi connectivity index (χ1v) is 9.51. The highest BCUT2D eigenvalue weighted by atomic mass is 16.5. The fourth-order valence-corrected chi connectivity index (χ4v) is 3.58. The maximum absolute atomic E-state index is 12.5. The molecule has 1 fully saturated rings. The van der Waals surface area contributed by atoms with Gasteiger partial charge in [-0.15, -0.1) is 0 Å². The first kappa shape index (κ1) is 19.2. The lowest BCUT2D eigenvalue weighted by Crippen LogP contribution is -2.42. The summed E-state index contributed by atoms with van der Waals surface area (Å²) in [5.74, 6) is 0.599. The fraction of sp³-hybridized carbons (Fsp3) is 0.429. The van der Waals surface area contributed by atoms with Gasteiger partial charge in [0.1, 0.15) is 12.4 Å². The number of fused-ring (bicyclic) bond motifs is 1. The van der Waals surface area contributed by atoms with Gasteiger partial charge in [-0.2, -0.15) is 0 Å². The Morgan fingerprint density at radius 3 is 2.81 bits per heavy atom. The standard InChI is InChI=1S/C21H26N2O4/c24-13-12-23(17-5-2-1-3-6-17)21(26)7-4-14-27-18-9-10-19-16(15-18)8-11-20(25)22-19/h4,7-11,15,17,24H,1-3,5-6,12-14H2,(H,22,25). The third-order valence-corrected chi connectivity index (χ3v) is 4.94. The quantitative estimate of drug-likeness (QED) is 0.734. The monoisotopic (exact) mass is 370 g/mol. The number of nitrogens with one attached hydrogen (secondary N) is 1. The number of hydrogen-bond donors (Lipinski definition) is 2. The van der Waals surface area contributed by atoms with Gasteiger partial charge in [0.05, 0.1) is 6.61 Å². The molecular formula is C21H26N2O4. The molecule has 1 aliphatic carbocycles. The molecule has 144 valence electrons. The molecule has 27 heavy (non-hydrogen) atoms. The first-order valence-electron chi connectivity index (χ1n) is 9.51.